The highest BCUT2D eigenvalue weighted by atomic mass is 35.5. The van der Waals surface area contributed by atoms with Crippen LogP contribution < -0.4 is 5.32 Å². The van der Waals surface area contributed by atoms with Crippen LogP contribution in [0.3, 0.4) is 0 Å². The second kappa shape index (κ2) is 5.19. The number of cyclic esters (lactones) is 1. The van der Waals surface area contributed by atoms with E-state index in [9.17, 15) is 13.6 Å². The van der Waals surface area contributed by atoms with Crippen LogP contribution in [0.15, 0.2) is 14.8 Å². The maximum absolute atomic E-state index is 13.1. The molecule has 3 rings (SSSR count). The number of ether oxygens (including phenoxy) is 1. The van der Waals surface area contributed by atoms with Crippen LogP contribution in [0, 0.1) is 0 Å². The van der Waals surface area contributed by atoms with Crippen molar-refractivity contribution in [1.29, 1.82) is 0 Å². The number of carbonyl (C=O) groups is 1. The van der Waals surface area contributed by atoms with Crippen LogP contribution in [0.4, 0.5) is 25.8 Å². The Balaban J connectivity index is 1.77. The number of hydrogen-bond donors (Lipinski definition) is 1. The maximum Gasteiger partial charge on any atom is 0.377 e. The Morgan fingerprint density at radius 2 is 2.10 bits per heavy atom. The van der Waals surface area contributed by atoms with Gasteiger partial charge in [0.15, 0.2) is 0 Å². The molecule has 5 nitrogen and oxygen atoms in total. The zero-order valence-electron chi connectivity index (χ0n) is 10.2. The van der Waals surface area contributed by atoms with E-state index < -0.39 is 24.4 Å². The molecule has 0 aliphatic carbocycles. The fourth-order valence-electron chi connectivity index (χ4n) is 2.02. The summed E-state index contributed by atoms with van der Waals surface area (Å²) in [6, 6.07) is 1.49. The van der Waals surface area contributed by atoms with E-state index in [1.807, 2.05) is 0 Å². The molecule has 1 aromatic rings. The third kappa shape index (κ3) is 2.63. The van der Waals surface area contributed by atoms with Crippen molar-refractivity contribution in [3.8, 4) is 0 Å². The summed E-state index contributed by atoms with van der Waals surface area (Å²) in [5, 5.41) is 3.52. The highest BCUT2D eigenvalue weighted by Gasteiger charge is 2.50. The van der Waals surface area contributed by atoms with Gasteiger partial charge in [-0.25, -0.2) is 4.79 Å². The van der Waals surface area contributed by atoms with Crippen molar-refractivity contribution in [3.63, 3.8) is 0 Å². The number of carbonyl (C=O) groups excluding carboxylic acids is 1. The standard InChI is InChI=1S/C11H7Cl2F2N3O2S/c12-5-1-6(13)8-9(18-21-17-8)7(5)16-3-4-2-11(14,15)10(19)20-4/h1,4,16H,2-3H2. The van der Waals surface area contributed by atoms with Crippen molar-refractivity contribution in [2.45, 2.75) is 18.4 Å². The molecule has 10 heteroatoms. The number of fused-ring (bicyclic) bond motifs is 1. The number of halogens is 4. The number of benzene rings is 1. The molecule has 0 spiro atoms. The molecule has 0 aromatic heterocycles. The molecule has 1 saturated heterocycles. The van der Waals surface area contributed by atoms with Gasteiger partial charge in [-0.05, 0) is 6.07 Å². The summed E-state index contributed by atoms with van der Waals surface area (Å²) in [4.78, 5) is 10.9. The molecule has 0 bridgehead atoms. The predicted molar refractivity (Wildman–Crippen MR) is 75.9 cm³/mol. The van der Waals surface area contributed by atoms with Gasteiger partial charge in [0.2, 0.25) is 0 Å². The van der Waals surface area contributed by atoms with Crippen LogP contribution in [-0.2, 0) is 20.9 Å². The second-order valence-corrected chi connectivity index (χ2v) is 5.84. The first-order valence-corrected chi connectivity index (χ1v) is 7.30. The fraction of sp³-hybridized carbons (Fsp3) is 0.364. The lowest BCUT2D eigenvalue weighted by atomic mass is 10.2. The lowest BCUT2D eigenvalue weighted by Crippen LogP contribution is -2.22. The van der Waals surface area contributed by atoms with Gasteiger partial charge in [-0.15, -0.1) is 0 Å². The number of anilines is 1. The number of nitrogens with one attached hydrogen (secondary N) is 1. The Labute approximate surface area is 131 Å². The van der Waals surface area contributed by atoms with Gasteiger partial charge < -0.3 is 10.1 Å². The summed E-state index contributed by atoms with van der Waals surface area (Å²) < 4.78 is 38.9. The van der Waals surface area contributed by atoms with E-state index in [4.69, 9.17) is 23.2 Å². The van der Waals surface area contributed by atoms with E-state index in [0.29, 0.717) is 22.1 Å². The van der Waals surface area contributed by atoms with Crippen molar-refractivity contribution in [1.82, 2.24) is 0 Å². The highest BCUT2D eigenvalue weighted by molar-refractivity contribution is 7.58. The molecule has 112 valence electrons. The number of alkyl halides is 2. The van der Waals surface area contributed by atoms with E-state index in [-0.39, 0.29) is 11.6 Å². The monoisotopic (exact) mass is 353 g/mol. The third-order valence-electron chi connectivity index (χ3n) is 3.01. The zero-order valence-corrected chi connectivity index (χ0v) is 12.5. The van der Waals surface area contributed by atoms with Crippen molar-refractivity contribution < 1.29 is 18.3 Å². The maximum atomic E-state index is 13.1. The molecule has 1 aromatic carbocycles. The Morgan fingerprint density at radius 3 is 2.76 bits per heavy atom. The number of nitrogens with zero attached hydrogens (tertiary/aromatic N) is 2. The first kappa shape index (κ1) is 14.7. The molecule has 1 N–H and O–H groups in total. The average molecular weight is 354 g/mol. The first-order chi connectivity index (χ1) is 9.88. The minimum atomic E-state index is -3.44. The summed E-state index contributed by atoms with van der Waals surface area (Å²) in [5.41, 5.74) is 1.35. The first-order valence-electron chi connectivity index (χ1n) is 5.81. The van der Waals surface area contributed by atoms with E-state index >= 15 is 0 Å². The highest BCUT2D eigenvalue weighted by Crippen LogP contribution is 2.47. The van der Waals surface area contributed by atoms with Crippen molar-refractivity contribution in [3.05, 3.63) is 16.1 Å². The van der Waals surface area contributed by atoms with Gasteiger partial charge >= 0.3 is 11.9 Å². The summed E-state index contributed by atoms with van der Waals surface area (Å²) in [5.74, 6) is -4.94. The zero-order chi connectivity index (χ0) is 15.2. The fourth-order valence-corrected chi connectivity index (χ4v) is 3.20. The Hall–Kier alpha value is -1.25. The number of esters is 1. The van der Waals surface area contributed by atoms with Crippen LogP contribution in [-0.4, -0.2) is 24.5 Å². The quantitative estimate of drug-likeness (QED) is 0.845. The van der Waals surface area contributed by atoms with Gasteiger partial charge in [0, 0.05) is 0 Å². The Kier molecular flexibility index (Phi) is 3.62. The molecule has 2 heterocycles. The molecule has 2 aliphatic heterocycles. The van der Waals surface area contributed by atoms with E-state index in [1.165, 1.54) is 6.07 Å². The van der Waals surface area contributed by atoms with E-state index in [2.05, 4.69) is 18.8 Å². The van der Waals surface area contributed by atoms with Crippen molar-refractivity contribution >= 4 is 57.6 Å². The van der Waals surface area contributed by atoms with Crippen LogP contribution >= 0.6 is 23.2 Å². The van der Waals surface area contributed by atoms with Crippen molar-refractivity contribution in [2.75, 3.05) is 11.9 Å². The Bertz CT molecular complexity index is 707. The summed E-state index contributed by atoms with van der Waals surface area (Å²) in [6.07, 6.45) is -1.59. The van der Waals surface area contributed by atoms with Crippen LogP contribution in [0.25, 0.3) is 0 Å². The van der Waals surface area contributed by atoms with Gasteiger partial charge in [-0.1, -0.05) is 23.2 Å². The molecular weight excluding hydrogens is 347 g/mol. The van der Waals surface area contributed by atoms with Crippen LogP contribution in [0.1, 0.15) is 6.42 Å². The van der Waals surface area contributed by atoms with Crippen LogP contribution in [0.2, 0.25) is 10.0 Å². The van der Waals surface area contributed by atoms with Gasteiger partial charge in [0.1, 0.15) is 17.5 Å². The predicted octanol–water partition coefficient (Wildman–Crippen LogP) is 4.08. The van der Waals surface area contributed by atoms with Crippen molar-refractivity contribution in [2.24, 2.45) is 8.73 Å². The van der Waals surface area contributed by atoms with E-state index in [0.717, 1.165) is 11.4 Å². The molecule has 1 atom stereocenters. The summed E-state index contributed by atoms with van der Waals surface area (Å²) in [7, 11) is 0. The summed E-state index contributed by atoms with van der Waals surface area (Å²) in [6.45, 7) is -0.00465. The lowest BCUT2D eigenvalue weighted by molar-refractivity contribution is -0.158. The Morgan fingerprint density at radius 1 is 1.38 bits per heavy atom. The van der Waals surface area contributed by atoms with Gasteiger partial charge in [0.05, 0.1) is 40.1 Å². The number of hydrogen-bond acceptors (Lipinski definition) is 5. The molecule has 2 aliphatic rings. The normalized spacial score (nSPS) is 21.9. The third-order valence-corrected chi connectivity index (χ3v) is 4.12. The topological polar surface area (TPSA) is 63.0 Å². The molecule has 1 unspecified atom stereocenters. The second-order valence-electron chi connectivity index (χ2n) is 4.49. The largest absolute Gasteiger partial charge is 0.456 e. The molecular formula is C11H7Cl2F2N3O2S. The molecule has 0 amide bonds. The van der Waals surface area contributed by atoms with Gasteiger partial charge in [-0.2, -0.15) is 17.5 Å². The van der Waals surface area contributed by atoms with Gasteiger partial charge in [-0.3, -0.25) is 0 Å². The smallest absolute Gasteiger partial charge is 0.377 e. The molecule has 21 heavy (non-hydrogen) atoms. The lowest BCUT2D eigenvalue weighted by Gasteiger charge is -2.14. The minimum absolute atomic E-state index is 0.00465. The SMILES string of the molecule is O=C1OC(CNc2c(Cl)cc(Cl)c3c2N=S=N3)CC1(F)F. The molecule has 0 saturated carbocycles. The summed E-state index contributed by atoms with van der Waals surface area (Å²) >= 11 is 13.0. The molecule has 1 fully saturated rings. The molecule has 0 radical (unpaired) electrons. The number of rotatable bonds is 3. The van der Waals surface area contributed by atoms with E-state index in [1.54, 1.807) is 0 Å². The van der Waals surface area contributed by atoms with Gasteiger partial charge in [0.25, 0.3) is 0 Å². The van der Waals surface area contributed by atoms with Crippen LogP contribution in [0.5, 0.6) is 0 Å². The average Bonchev–Trinajstić information content (AvgIpc) is 2.95. The minimum Gasteiger partial charge on any atom is -0.456 e.